The van der Waals surface area contributed by atoms with Crippen LogP contribution in [0, 0.1) is 0 Å². The van der Waals surface area contributed by atoms with Crippen LogP contribution in [0.5, 0.6) is 0 Å². The van der Waals surface area contributed by atoms with E-state index in [4.69, 9.17) is 0 Å². The molecule has 2 aromatic rings. The van der Waals surface area contributed by atoms with Crippen molar-refractivity contribution in [2.75, 3.05) is 17.3 Å². The van der Waals surface area contributed by atoms with Crippen molar-refractivity contribution in [3.63, 3.8) is 0 Å². The lowest BCUT2D eigenvalue weighted by atomic mass is 10.2. The van der Waals surface area contributed by atoms with Crippen LogP contribution in [0.25, 0.3) is 0 Å². The van der Waals surface area contributed by atoms with Crippen molar-refractivity contribution in [1.82, 2.24) is 5.32 Å². The van der Waals surface area contributed by atoms with Crippen LogP contribution in [-0.2, 0) is 11.3 Å². The summed E-state index contributed by atoms with van der Waals surface area (Å²) < 4.78 is 0. The molecule has 0 aliphatic heterocycles. The fourth-order valence-corrected chi connectivity index (χ4v) is 2.39. The molecule has 110 valence electrons. The first-order valence-electron chi connectivity index (χ1n) is 6.46. The van der Waals surface area contributed by atoms with Gasteiger partial charge >= 0.3 is 6.03 Å². The van der Waals surface area contributed by atoms with Crippen molar-refractivity contribution in [3.8, 4) is 0 Å². The maximum absolute atomic E-state index is 11.8. The van der Waals surface area contributed by atoms with E-state index in [2.05, 4.69) is 10.6 Å². The number of amides is 3. The van der Waals surface area contributed by atoms with Gasteiger partial charge in [0.15, 0.2) is 0 Å². The van der Waals surface area contributed by atoms with Crippen molar-refractivity contribution in [2.24, 2.45) is 0 Å². The second kappa shape index (κ2) is 6.90. The highest BCUT2D eigenvalue weighted by atomic mass is 32.1. The van der Waals surface area contributed by atoms with E-state index < -0.39 is 0 Å². The van der Waals surface area contributed by atoms with Crippen LogP contribution in [0.2, 0.25) is 0 Å². The average molecular weight is 303 g/mol. The molecule has 0 aliphatic carbocycles. The fourth-order valence-electron chi connectivity index (χ4n) is 1.72. The van der Waals surface area contributed by atoms with E-state index in [-0.39, 0.29) is 11.9 Å². The molecule has 0 spiro atoms. The summed E-state index contributed by atoms with van der Waals surface area (Å²) in [7, 11) is 1.69. The lowest BCUT2D eigenvalue weighted by Crippen LogP contribution is -2.28. The van der Waals surface area contributed by atoms with Gasteiger partial charge < -0.3 is 15.5 Å². The zero-order valence-corrected chi connectivity index (χ0v) is 12.7. The first-order valence-corrected chi connectivity index (χ1v) is 7.41. The van der Waals surface area contributed by atoms with Gasteiger partial charge in [0.25, 0.3) is 0 Å². The molecular weight excluding hydrogens is 286 g/mol. The second-order valence-electron chi connectivity index (χ2n) is 4.57. The summed E-state index contributed by atoms with van der Waals surface area (Å²) >= 11 is 1.59. The molecule has 3 amide bonds. The molecule has 0 atom stereocenters. The van der Waals surface area contributed by atoms with Gasteiger partial charge in [-0.2, -0.15) is 11.3 Å². The number of nitrogens with zero attached hydrogens (tertiary/aromatic N) is 1. The van der Waals surface area contributed by atoms with Crippen molar-refractivity contribution >= 4 is 34.6 Å². The molecule has 0 unspecified atom stereocenters. The Morgan fingerprint density at radius 2 is 2.10 bits per heavy atom. The van der Waals surface area contributed by atoms with Crippen LogP contribution >= 0.6 is 11.3 Å². The zero-order chi connectivity index (χ0) is 15.2. The van der Waals surface area contributed by atoms with Crippen LogP contribution < -0.4 is 15.5 Å². The predicted octanol–water partition coefficient (Wildman–Crippen LogP) is 3.05. The molecule has 2 N–H and O–H groups in total. The summed E-state index contributed by atoms with van der Waals surface area (Å²) in [5.74, 6) is -0.0611. The summed E-state index contributed by atoms with van der Waals surface area (Å²) in [5, 5.41) is 9.49. The molecule has 21 heavy (non-hydrogen) atoms. The standard InChI is InChI=1S/C15H17N3O2S/c1-11(19)18(2)14-5-3-4-13(8-14)17-15(20)16-9-12-6-7-21-10-12/h3-8,10H,9H2,1-2H3,(H2,16,17,20). The largest absolute Gasteiger partial charge is 0.334 e. The Bertz CT molecular complexity index is 626. The van der Waals surface area contributed by atoms with Gasteiger partial charge in [-0.1, -0.05) is 6.07 Å². The maximum atomic E-state index is 11.8. The van der Waals surface area contributed by atoms with E-state index in [0.717, 1.165) is 11.3 Å². The van der Waals surface area contributed by atoms with Gasteiger partial charge in [0, 0.05) is 31.9 Å². The molecule has 1 aromatic carbocycles. The van der Waals surface area contributed by atoms with E-state index in [1.54, 1.807) is 36.6 Å². The molecule has 0 bridgehead atoms. The van der Waals surface area contributed by atoms with E-state index in [1.807, 2.05) is 22.9 Å². The number of hydrogen-bond acceptors (Lipinski definition) is 3. The van der Waals surface area contributed by atoms with Gasteiger partial charge in [-0.15, -0.1) is 0 Å². The molecule has 0 fully saturated rings. The highest BCUT2D eigenvalue weighted by Gasteiger charge is 2.07. The van der Waals surface area contributed by atoms with Gasteiger partial charge in [-0.05, 0) is 40.6 Å². The van der Waals surface area contributed by atoms with E-state index >= 15 is 0 Å². The number of rotatable bonds is 4. The third-order valence-electron chi connectivity index (χ3n) is 3.00. The maximum Gasteiger partial charge on any atom is 0.319 e. The van der Waals surface area contributed by atoms with Gasteiger partial charge in [-0.25, -0.2) is 4.79 Å². The molecule has 0 aliphatic rings. The van der Waals surface area contributed by atoms with Crippen molar-refractivity contribution in [3.05, 3.63) is 46.7 Å². The molecule has 0 saturated heterocycles. The van der Waals surface area contributed by atoms with Gasteiger partial charge in [-0.3, -0.25) is 4.79 Å². The summed E-state index contributed by atoms with van der Waals surface area (Å²) in [6, 6.07) is 8.84. The van der Waals surface area contributed by atoms with Crippen LogP contribution in [0.1, 0.15) is 12.5 Å². The van der Waals surface area contributed by atoms with E-state index in [1.165, 1.54) is 11.8 Å². The lowest BCUT2D eigenvalue weighted by Gasteiger charge is -2.16. The predicted molar refractivity (Wildman–Crippen MR) is 85.7 cm³/mol. The average Bonchev–Trinajstić information content (AvgIpc) is 2.98. The van der Waals surface area contributed by atoms with Crippen LogP contribution in [-0.4, -0.2) is 19.0 Å². The topological polar surface area (TPSA) is 61.4 Å². The number of carbonyl (C=O) groups excluding carboxylic acids is 2. The number of hydrogen-bond donors (Lipinski definition) is 2. The Morgan fingerprint density at radius 3 is 2.76 bits per heavy atom. The molecule has 1 aromatic heterocycles. The summed E-state index contributed by atoms with van der Waals surface area (Å²) in [6.07, 6.45) is 0. The molecular formula is C15H17N3O2S. The highest BCUT2D eigenvalue weighted by molar-refractivity contribution is 7.07. The smallest absolute Gasteiger partial charge is 0.319 e. The Kier molecular flexibility index (Phi) is 4.94. The Hall–Kier alpha value is -2.34. The Balaban J connectivity index is 1.94. The summed E-state index contributed by atoms with van der Waals surface area (Å²) in [6.45, 7) is 1.98. The SMILES string of the molecule is CC(=O)N(C)c1cccc(NC(=O)NCc2ccsc2)c1. The monoisotopic (exact) mass is 303 g/mol. The molecule has 5 nitrogen and oxygen atoms in total. The normalized spacial score (nSPS) is 10.0. The lowest BCUT2D eigenvalue weighted by molar-refractivity contribution is -0.116. The quantitative estimate of drug-likeness (QED) is 0.912. The Labute approximate surface area is 127 Å². The van der Waals surface area contributed by atoms with Crippen LogP contribution in [0.3, 0.4) is 0 Å². The summed E-state index contributed by atoms with van der Waals surface area (Å²) in [4.78, 5) is 24.7. The molecule has 6 heteroatoms. The summed E-state index contributed by atoms with van der Waals surface area (Å²) in [5.41, 5.74) is 2.45. The van der Waals surface area contributed by atoms with Gasteiger partial charge in [0.1, 0.15) is 0 Å². The molecule has 1 heterocycles. The number of carbonyl (C=O) groups is 2. The first-order chi connectivity index (χ1) is 10.1. The number of thiophene rings is 1. The number of nitrogens with one attached hydrogen (secondary N) is 2. The Morgan fingerprint density at radius 1 is 1.29 bits per heavy atom. The van der Waals surface area contributed by atoms with Crippen molar-refractivity contribution in [1.29, 1.82) is 0 Å². The number of benzene rings is 1. The van der Waals surface area contributed by atoms with Gasteiger partial charge in [0.05, 0.1) is 0 Å². The zero-order valence-electron chi connectivity index (χ0n) is 11.9. The van der Waals surface area contributed by atoms with E-state index in [9.17, 15) is 9.59 Å². The molecule has 0 radical (unpaired) electrons. The minimum atomic E-state index is -0.274. The minimum absolute atomic E-state index is 0.0611. The number of anilines is 2. The third kappa shape index (κ3) is 4.32. The first kappa shape index (κ1) is 15.1. The highest BCUT2D eigenvalue weighted by Crippen LogP contribution is 2.18. The third-order valence-corrected chi connectivity index (χ3v) is 3.73. The van der Waals surface area contributed by atoms with Crippen molar-refractivity contribution < 1.29 is 9.59 Å². The molecule has 0 saturated carbocycles. The number of urea groups is 1. The van der Waals surface area contributed by atoms with Crippen LogP contribution in [0.4, 0.5) is 16.2 Å². The van der Waals surface area contributed by atoms with Crippen LogP contribution in [0.15, 0.2) is 41.1 Å². The minimum Gasteiger partial charge on any atom is -0.334 e. The molecule has 2 rings (SSSR count). The van der Waals surface area contributed by atoms with Crippen molar-refractivity contribution in [2.45, 2.75) is 13.5 Å². The van der Waals surface area contributed by atoms with E-state index in [0.29, 0.717) is 12.2 Å². The van der Waals surface area contributed by atoms with Gasteiger partial charge in [0.2, 0.25) is 5.91 Å². The fraction of sp³-hybridized carbons (Fsp3) is 0.200. The second-order valence-corrected chi connectivity index (χ2v) is 5.35.